The lowest BCUT2D eigenvalue weighted by atomic mass is 9.85. The van der Waals surface area contributed by atoms with E-state index < -0.39 is 17.6 Å². The Bertz CT molecular complexity index is 1290. The molecule has 3 aromatic heterocycles. The van der Waals surface area contributed by atoms with Gasteiger partial charge in [-0.05, 0) is 37.6 Å². The van der Waals surface area contributed by atoms with E-state index in [2.05, 4.69) is 25.7 Å². The van der Waals surface area contributed by atoms with Crippen molar-refractivity contribution in [3.63, 3.8) is 0 Å². The molecule has 0 saturated heterocycles. The zero-order valence-electron chi connectivity index (χ0n) is 15.5. The quantitative estimate of drug-likeness (QED) is 0.564. The maximum atomic E-state index is 14.5. The number of carbonyl (C=O) groups excluding carboxylic acids is 1. The normalized spacial score (nSPS) is 16.1. The summed E-state index contributed by atoms with van der Waals surface area (Å²) in [7, 11) is 0. The van der Waals surface area contributed by atoms with Gasteiger partial charge in [0.1, 0.15) is 17.5 Å². The molecule has 0 radical (unpaired) electrons. The predicted octanol–water partition coefficient (Wildman–Crippen LogP) is 2.68. The molecule has 0 bridgehead atoms. The second-order valence-electron chi connectivity index (χ2n) is 6.94. The van der Waals surface area contributed by atoms with Crippen LogP contribution in [0.4, 0.5) is 14.6 Å². The second-order valence-corrected chi connectivity index (χ2v) is 6.94. The first kappa shape index (κ1) is 17.4. The van der Waals surface area contributed by atoms with Crippen molar-refractivity contribution in [3.8, 4) is 5.82 Å². The van der Waals surface area contributed by atoms with Crippen LogP contribution in [0.5, 0.6) is 0 Å². The third-order valence-corrected chi connectivity index (χ3v) is 5.06. The molecule has 4 heterocycles. The lowest BCUT2D eigenvalue weighted by molar-refractivity contribution is -0.116. The average molecular weight is 395 g/mol. The van der Waals surface area contributed by atoms with Gasteiger partial charge in [-0.15, -0.1) is 15.3 Å². The molecule has 1 aliphatic heterocycles. The van der Waals surface area contributed by atoms with E-state index in [0.717, 1.165) is 6.07 Å². The molecule has 4 aromatic rings. The Morgan fingerprint density at radius 1 is 1.10 bits per heavy atom. The Morgan fingerprint density at radius 3 is 2.72 bits per heavy atom. The lowest BCUT2D eigenvalue weighted by Crippen LogP contribution is -2.25. The summed E-state index contributed by atoms with van der Waals surface area (Å²) in [6.45, 7) is 3.56. The number of aromatic nitrogens is 6. The maximum Gasteiger partial charge on any atom is 0.226 e. The van der Waals surface area contributed by atoms with E-state index >= 15 is 0 Å². The van der Waals surface area contributed by atoms with Crippen molar-refractivity contribution in [2.45, 2.75) is 26.2 Å². The van der Waals surface area contributed by atoms with E-state index in [1.807, 2.05) is 0 Å². The largest absolute Gasteiger partial charge is 0.310 e. The van der Waals surface area contributed by atoms with Gasteiger partial charge in [0, 0.05) is 24.0 Å². The van der Waals surface area contributed by atoms with Gasteiger partial charge in [-0.3, -0.25) is 4.79 Å². The summed E-state index contributed by atoms with van der Waals surface area (Å²) in [6.07, 6.45) is 0.0408. The first-order chi connectivity index (χ1) is 13.9. The van der Waals surface area contributed by atoms with Crippen LogP contribution < -0.4 is 5.32 Å². The van der Waals surface area contributed by atoms with Gasteiger partial charge in [-0.2, -0.15) is 14.3 Å². The number of rotatable bonds is 2. The fourth-order valence-corrected chi connectivity index (χ4v) is 3.76. The first-order valence-corrected chi connectivity index (χ1v) is 8.96. The molecule has 1 N–H and O–H groups in total. The van der Waals surface area contributed by atoms with Crippen molar-refractivity contribution >= 4 is 17.4 Å². The van der Waals surface area contributed by atoms with Gasteiger partial charge >= 0.3 is 0 Å². The fraction of sp³-hybridized carbons (Fsp3) is 0.211. The predicted molar refractivity (Wildman–Crippen MR) is 98.8 cm³/mol. The van der Waals surface area contributed by atoms with E-state index in [9.17, 15) is 13.6 Å². The van der Waals surface area contributed by atoms with Crippen LogP contribution >= 0.6 is 0 Å². The summed E-state index contributed by atoms with van der Waals surface area (Å²) in [4.78, 5) is 12.4. The number of aryl methyl sites for hydroxylation is 2. The summed E-state index contributed by atoms with van der Waals surface area (Å²) < 4.78 is 30.9. The molecule has 0 aliphatic carbocycles. The lowest BCUT2D eigenvalue weighted by Gasteiger charge is -2.24. The summed E-state index contributed by atoms with van der Waals surface area (Å²) in [5.41, 5.74) is 2.14. The molecule has 8 nitrogen and oxygen atoms in total. The van der Waals surface area contributed by atoms with Gasteiger partial charge in [0.25, 0.3) is 0 Å². The second kappa shape index (κ2) is 6.16. The molecule has 1 aliphatic rings. The highest BCUT2D eigenvalue weighted by molar-refractivity contribution is 5.95. The third kappa shape index (κ3) is 2.67. The van der Waals surface area contributed by atoms with Crippen LogP contribution in [-0.2, 0) is 4.79 Å². The van der Waals surface area contributed by atoms with Crippen LogP contribution in [0, 0.1) is 25.5 Å². The molecule has 0 saturated carbocycles. The number of nitrogens with one attached hydrogen (secondary N) is 1. The van der Waals surface area contributed by atoms with Crippen LogP contribution in [0.1, 0.15) is 35.0 Å². The van der Waals surface area contributed by atoms with E-state index in [1.165, 1.54) is 16.8 Å². The molecule has 0 unspecified atom stereocenters. The van der Waals surface area contributed by atoms with Crippen LogP contribution in [0.2, 0.25) is 0 Å². The number of hydrogen-bond donors (Lipinski definition) is 1. The number of amides is 1. The van der Waals surface area contributed by atoms with Crippen LogP contribution in [0.15, 0.2) is 30.3 Å². The van der Waals surface area contributed by atoms with Crippen molar-refractivity contribution in [1.29, 1.82) is 0 Å². The van der Waals surface area contributed by atoms with E-state index in [1.54, 1.807) is 30.5 Å². The zero-order chi connectivity index (χ0) is 20.3. The van der Waals surface area contributed by atoms with Crippen molar-refractivity contribution in [2.24, 2.45) is 0 Å². The number of nitrogens with zero attached hydrogens (tertiary/aromatic N) is 6. The molecule has 1 atom stereocenters. The molecule has 29 heavy (non-hydrogen) atoms. The topological polar surface area (TPSA) is 90.0 Å². The highest BCUT2D eigenvalue weighted by atomic mass is 19.1. The van der Waals surface area contributed by atoms with Crippen molar-refractivity contribution in [2.75, 3.05) is 5.32 Å². The molecule has 1 aromatic carbocycles. The van der Waals surface area contributed by atoms with Gasteiger partial charge < -0.3 is 5.32 Å². The summed E-state index contributed by atoms with van der Waals surface area (Å²) in [5, 5.41) is 19.8. The smallest absolute Gasteiger partial charge is 0.226 e. The first-order valence-electron chi connectivity index (χ1n) is 8.96. The van der Waals surface area contributed by atoms with Crippen molar-refractivity contribution in [3.05, 3.63) is 64.6 Å². The highest BCUT2D eigenvalue weighted by Gasteiger charge is 2.34. The van der Waals surface area contributed by atoms with Gasteiger partial charge in [0.05, 0.1) is 5.69 Å². The Balaban J connectivity index is 1.69. The van der Waals surface area contributed by atoms with Crippen molar-refractivity contribution in [1.82, 2.24) is 29.6 Å². The van der Waals surface area contributed by atoms with Gasteiger partial charge in [-0.25, -0.2) is 8.78 Å². The van der Waals surface area contributed by atoms with E-state index in [-0.39, 0.29) is 17.9 Å². The summed E-state index contributed by atoms with van der Waals surface area (Å²) in [5.74, 6) is -0.740. The van der Waals surface area contributed by atoms with Crippen LogP contribution in [-0.4, -0.2) is 35.5 Å². The Hall–Kier alpha value is -3.69. The number of carbonyl (C=O) groups is 1. The average Bonchev–Trinajstić information content (AvgIpc) is 3.21. The minimum absolute atomic E-state index is 0.0408. The van der Waals surface area contributed by atoms with Crippen LogP contribution in [0.3, 0.4) is 0 Å². The number of anilines is 1. The number of halogens is 2. The summed E-state index contributed by atoms with van der Waals surface area (Å²) in [6, 6.07) is 6.84. The molecule has 5 rings (SSSR count). The Labute approximate surface area is 163 Å². The van der Waals surface area contributed by atoms with Gasteiger partial charge in [0.15, 0.2) is 17.3 Å². The zero-order valence-corrected chi connectivity index (χ0v) is 15.5. The van der Waals surface area contributed by atoms with Gasteiger partial charge in [-0.1, -0.05) is 6.07 Å². The molecular weight excluding hydrogens is 380 g/mol. The third-order valence-electron chi connectivity index (χ3n) is 5.06. The summed E-state index contributed by atoms with van der Waals surface area (Å²) >= 11 is 0. The minimum Gasteiger partial charge on any atom is -0.310 e. The molecule has 0 fully saturated rings. The van der Waals surface area contributed by atoms with Gasteiger partial charge in [0.2, 0.25) is 5.91 Å². The number of hydrogen-bond acceptors (Lipinski definition) is 5. The molecule has 1 amide bonds. The van der Waals surface area contributed by atoms with E-state index in [4.69, 9.17) is 0 Å². The monoisotopic (exact) mass is 395 g/mol. The standard InChI is InChI=1S/C19H15F2N7O/c1-9-18-13(12-4-3-11(20)7-14(12)21)8-17(29)22-19(18)28(25-9)16-6-5-15-24-23-10(2)27(15)26-16/h3-7,13H,8H2,1-2H3,(H,22,29)/t13-/m1/s1. The minimum atomic E-state index is -0.692. The molecule has 146 valence electrons. The SMILES string of the molecule is Cc1nn(-c2ccc3nnc(C)n3n2)c2c1[C@@H](c1ccc(F)cc1F)CC(=O)N2. The molecule has 0 spiro atoms. The highest BCUT2D eigenvalue weighted by Crippen LogP contribution is 2.40. The Kier molecular flexibility index (Phi) is 3.70. The number of benzene rings is 1. The van der Waals surface area contributed by atoms with Crippen LogP contribution in [0.25, 0.3) is 11.5 Å². The molecule has 10 heteroatoms. The molecular formula is C19H15F2N7O. The Morgan fingerprint density at radius 2 is 1.93 bits per heavy atom. The van der Waals surface area contributed by atoms with E-state index in [0.29, 0.717) is 34.4 Å². The fourth-order valence-electron chi connectivity index (χ4n) is 3.76. The number of fused-ring (bicyclic) bond motifs is 2. The van der Waals surface area contributed by atoms with Crippen molar-refractivity contribution < 1.29 is 13.6 Å². The maximum absolute atomic E-state index is 14.5.